The summed E-state index contributed by atoms with van der Waals surface area (Å²) in [5, 5.41) is 0.782. The molecule has 0 atom stereocenters. The minimum absolute atomic E-state index is 0. The van der Waals surface area contributed by atoms with E-state index in [1.54, 1.807) is 30.3 Å². The van der Waals surface area contributed by atoms with Gasteiger partial charge in [0.25, 0.3) is 0 Å². The monoisotopic (exact) mass is 494 g/mol. The van der Waals surface area contributed by atoms with Gasteiger partial charge in [0.1, 0.15) is 11.6 Å². The Bertz CT molecular complexity index is 986. The molecule has 0 heterocycles. The predicted octanol–water partition coefficient (Wildman–Crippen LogP) is 7.25. The van der Waals surface area contributed by atoms with E-state index in [4.69, 9.17) is 17.3 Å². The zero-order valence-electron chi connectivity index (χ0n) is 15.2. The molecule has 0 spiro atoms. The van der Waals surface area contributed by atoms with Crippen LogP contribution < -0.4 is 5.73 Å². The Hall–Kier alpha value is -2.15. The van der Waals surface area contributed by atoms with Gasteiger partial charge in [-0.05, 0) is 53.6 Å². The number of nitrogens with two attached hydrogens (primary N) is 1. The molecule has 3 aromatic carbocycles. The van der Waals surface area contributed by atoms with Crippen LogP contribution in [-0.4, -0.2) is 5.17 Å². The van der Waals surface area contributed by atoms with E-state index in [0.717, 1.165) is 11.1 Å². The normalized spacial score (nSPS) is 11.5. The second kappa shape index (κ2) is 11.1. The Kier molecular flexibility index (Phi) is 8.89. The third-order valence-corrected chi connectivity index (χ3v) is 5.07. The fourth-order valence-electron chi connectivity index (χ4n) is 2.41. The highest BCUT2D eigenvalue weighted by Crippen LogP contribution is 2.22. The lowest BCUT2D eigenvalue weighted by molar-refractivity contribution is 0.625. The van der Waals surface area contributed by atoms with Crippen LogP contribution in [0.1, 0.15) is 16.7 Å². The van der Waals surface area contributed by atoms with E-state index in [1.165, 1.54) is 30.0 Å². The van der Waals surface area contributed by atoms with Crippen LogP contribution in [0.2, 0.25) is 5.02 Å². The summed E-state index contributed by atoms with van der Waals surface area (Å²) in [4.78, 5) is 4.24. The van der Waals surface area contributed by atoms with Crippen LogP contribution in [0.5, 0.6) is 0 Å². The molecule has 2 N–H and O–H groups in total. The van der Waals surface area contributed by atoms with Crippen molar-refractivity contribution < 1.29 is 8.78 Å². The molecular weight excluding hydrogens is 478 g/mol. The first kappa shape index (κ1) is 23.1. The molecule has 0 fully saturated rings. The van der Waals surface area contributed by atoms with Crippen molar-refractivity contribution in [2.45, 2.75) is 5.75 Å². The van der Waals surface area contributed by atoms with Crippen molar-refractivity contribution in [1.29, 1.82) is 0 Å². The molecule has 0 aliphatic rings. The third-order valence-electron chi connectivity index (χ3n) is 3.87. The van der Waals surface area contributed by atoms with Gasteiger partial charge in [0.2, 0.25) is 0 Å². The summed E-state index contributed by atoms with van der Waals surface area (Å²) in [6.07, 6.45) is 3.47. The maximum absolute atomic E-state index is 13.8. The fourth-order valence-corrected chi connectivity index (χ4v) is 3.31. The van der Waals surface area contributed by atoms with Gasteiger partial charge < -0.3 is 5.73 Å². The number of rotatable bonds is 5. The molecule has 0 aliphatic carbocycles. The number of amidine groups is 1. The molecule has 3 rings (SSSR count). The molecule has 0 aliphatic heterocycles. The molecule has 0 amide bonds. The van der Waals surface area contributed by atoms with Crippen molar-refractivity contribution in [2.75, 3.05) is 0 Å². The smallest absolute Gasteiger partial charge is 0.159 e. The summed E-state index contributed by atoms with van der Waals surface area (Å²) >= 11 is 7.42. The quantitative estimate of drug-likeness (QED) is 0.230. The lowest BCUT2D eigenvalue weighted by atomic mass is 10.1. The van der Waals surface area contributed by atoms with Crippen molar-refractivity contribution in [3.8, 4) is 0 Å². The van der Waals surface area contributed by atoms with Crippen LogP contribution in [-0.2, 0) is 5.75 Å². The lowest BCUT2D eigenvalue weighted by Gasteiger charge is -2.03. The molecule has 0 aromatic heterocycles. The van der Waals surface area contributed by atoms with E-state index in [0.29, 0.717) is 27.2 Å². The van der Waals surface area contributed by atoms with Crippen molar-refractivity contribution in [3.05, 3.63) is 100 Å². The highest BCUT2D eigenvalue weighted by molar-refractivity contribution is 8.93. The lowest BCUT2D eigenvalue weighted by Crippen LogP contribution is -2.06. The van der Waals surface area contributed by atoms with Crippen LogP contribution in [0.3, 0.4) is 0 Å². The number of thioether (sulfide) groups is 1. The first-order valence-corrected chi connectivity index (χ1v) is 9.81. The SMILES string of the molecule is Br.NC(=Nc1ccc(F)cc1)SCc1ccc(/C=C/c2c(F)cccc2Cl)cc1. The summed E-state index contributed by atoms with van der Waals surface area (Å²) < 4.78 is 26.7. The van der Waals surface area contributed by atoms with Gasteiger partial charge in [0.05, 0.1) is 10.7 Å². The molecule has 0 radical (unpaired) electrons. The Morgan fingerprint density at radius 1 is 0.966 bits per heavy atom. The second-order valence-electron chi connectivity index (χ2n) is 5.93. The van der Waals surface area contributed by atoms with E-state index >= 15 is 0 Å². The maximum Gasteiger partial charge on any atom is 0.159 e. The molecule has 0 bridgehead atoms. The van der Waals surface area contributed by atoms with Gasteiger partial charge in [-0.2, -0.15) is 0 Å². The van der Waals surface area contributed by atoms with E-state index in [2.05, 4.69) is 4.99 Å². The van der Waals surface area contributed by atoms with Crippen LogP contribution in [0, 0.1) is 11.6 Å². The molecule has 150 valence electrons. The standard InChI is InChI=1S/C22H17ClF2N2S.BrH/c23-20-2-1-3-21(25)19(20)13-8-15-4-6-16(7-5-15)14-28-22(26)27-18-11-9-17(24)10-12-18;/h1-13H,14H2,(H2,26,27);1H/b13-8+;. The second-order valence-corrected chi connectivity index (χ2v) is 7.33. The Balaban J connectivity index is 0.00000300. The predicted molar refractivity (Wildman–Crippen MR) is 126 cm³/mol. The third kappa shape index (κ3) is 6.99. The first-order valence-electron chi connectivity index (χ1n) is 8.45. The number of hydrogen-bond donors (Lipinski definition) is 1. The highest BCUT2D eigenvalue weighted by Gasteiger charge is 2.03. The van der Waals surface area contributed by atoms with E-state index < -0.39 is 0 Å². The van der Waals surface area contributed by atoms with E-state index in [9.17, 15) is 8.78 Å². The Morgan fingerprint density at radius 3 is 2.31 bits per heavy atom. The van der Waals surface area contributed by atoms with Crippen LogP contribution in [0.4, 0.5) is 14.5 Å². The molecule has 2 nitrogen and oxygen atoms in total. The first-order chi connectivity index (χ1) is 13.5. The van der Waals surface area contributed by atoms with Gasteiger partial charge in [-0.15, -0.1) is 17.0 Å². The molecular formula is C22H18BrClF2N2S. The number of aliphatic imine (C=N–C) groups is 1. The molecule has 0 saturated heterocycles. The molecule has 3 aromatic rings. The summed E-state index contributed by atoms with van der Waals surface area (Å²) in [5.74, 6) is -0.0103. The number of hydrogen-bond acceptors (Lipinski definition) is 2. The fraction of sp³-hybridized carbons (Fsp3) is 0.0455. The minimum atomic E-state index is -0.354. The van der Waals surface area contributed by atoms with E-state index in [-0.39, 0.29) is 28.6 Å². The average molecular weight is 496 g/mol. The van der Waals surface area contributed by atoms with Crippen LogP contribution in [0.25, 0.3) is 12.2 Å². The zero-order chi connectivity index (χ0) is 19.9. The van der Waals surface area contributed by atoms with Gasteiger partial charge in [-0.3, -0.25) is 0 Å². The van der Waals surface area contributed by atoms with Crippen molar-refractivity contribution in [1.82, 2.24) is 0 Å². The minimum Gasteiger partial charge on any atom is -0.378 e. The van der Waals surface area contributed by atoms with Crippen molar-refractivity contribution in [2.24, 2.45) is 10.7 Å². The zero-order valence-corrected chi connectivity index (χ0v) is 18.5. The Morgan fingerprint density at radius 2 is 1.66 bits per heavy atom. The number of benzene rings is 3. The molecule has 29 heavy (non-hydrogen) atoms. The average Bonchev–Trinajstić information content (AvgIpc) is 2.69. The van der Waals surface area contributed by atoms with Crippen LogP contribution >= 0.6 is 40.3 Å². The summed E-state index contributed by atoms with van der Waals surface area (Å²) in [6.45, 7) is 0. The van der Waals surface area contributed by atoms with Crippen molar-refractivity contribution in [3.63, 3.8) is 0 Å². The topological polar surface area (TPSA) is 38.4 Å². The van der Waals surface area contributed by atoms with Gasteiger partial charge in [-0.25, -0.2) is 13.8 Å². The summed E-state index contributed by atoms with van der Waals surface area (Å²) in [5.41, 5.74) is 8.90. The van der Waals surface area contributed by atoms with Gasteiger partial charge in [0, 0.05) is 11.3 Å². The summed E-state index contributed by atoms with van der Waals surface area (Å²) in [6, 6.07) is 18.3. The largest absolute Gasteiger partial charge is 0.378 e. The number of nitrogens with zero attached hydrogens (tertiary/aromatic N) is 1. The maximum atomic E-state index is 13.8. The van der Waals surface area contributed by atoms with Crippen molar-refractivity contribution >= 4 is 63.4 Å². The Labute approximate surface area is 188 Å². The highest BCUT2D eigenvalue weighted by atomic mass is 79.9. The molecule has 0 unspecified atom stereocenters. The molecule has 0 saturated carbocycles. The van der Waals surface area contributed by atoms with Gasteiger partial charge in [-0.1, -0.05) is 59.8 Å². The molecule has 7 heteroatoms. The van der Waals surface area contributed by atoms with Gasteiger partial charge >= 0.3 is 0 Å². The van der Waals surface area contributed by atoms with Gasteiger partial charge in [0.15, 0.2) is 5.17 Å². The summed E-state index contributed by atoms with van der Waals surface area (Å²) in [7, 11) is 0. The van der Waals surface area contributed by atoms with Crippen LogP contribution in [0.15, 0.2) is 71.7 Å². The number of halogens is 4. The van der Waals surface area contributed by atoms with E-state index in [1.807, 2.05) is 30.3 Å².